The molecule has 2 rings (SSSR count). The van der Waals surface area contributed by atoms with E-state index >= 15 is 0 Å². The second-order valence-corrected chi connectivity index (χ2v) is 5.34. The highest BCUT2D eigenvalue weighted by Gasteiger charge is 2.35. The molecule has 16 heavy (non-hydrogen) atoms. The van der Waals surface area contributed by atoms with Crippen LogP contribution < -0.4 is 0 Å². The molecule has 0 aromatic rings. The molecule has 0 aliphatic carbocycles. The number of aliphatic hydroxyl groups is 1. The first-order valence-electron chi connectivity index (χ1n) is 6.51. The predicted molar refractivity (Wildman–Crippen MR) is 64.9 cm³/mol. The van der Waals surface area contributed by atoms with Gasteiger partial charge in [0, 0.05) is 39.0 Å². The van der Waals surface area contributed by atoms with E-state index in [2.05, 4.69) is 10.0 Å². The molecular weight excluding hydrogens is 202 g/mol. The summed E-state index contributed by atoms with van der Waals surface area (Å²) in [5.41, 5.74) is -0.577. The lowest BCUT2D eigenvalue weighted by Crippen LogP contribution is -2.57. The molecule has 1 N–H and O–H groups in total. The highest BCUT2D eigenvalue weighted by Crippen LogP contribution is 2.25. The van der Waals surface area contributed by atoms with Gasteiger partial charge in [-0.2, -0.15) is 0 Å². The fourth-order valence-electron chi connectivity index (χ4n) is 2.74. The number of nitrogens with zero attached hydrogens (tertiary/aromatic N) is 3. The molecule has 0 amide bonds. The molecule has 4 nitrogen and oxygen atoms in total. The number of hydrazine groups is 1. The molecule has 2 saturated heterocycles. The van der Waals surface area contributed by atoms with Crippen molar-refractivity contribution in [1.29, 1.82) is 0 Å². The molecule has 94 valence electrons. The van der Waals surface area contributed by atoms with E-state index in [1.165, 1.54) is 32.4 Å². The summed E-state index contributed by atoms with van der Waals surface area (Å²) in [6.45, 7) is 4.41. The lowest BCUT2D eigenvalue weighted by atomic mass is 10.00. The van der Waals surface area contributed by atoms with Gasteiger partial charge in [-0.15, -0.1) is 0 Å². The maximum absolute atomic E-state index is 10.3. The van der Waals surface area contributed by atoms with Gasteiger partial charge in [0.2, 0.25) is 0 Å². The summed E-state index contributed by atoms with van der Waals surface area (Å²) in [6.07, 6.45) is 5.75. The highest BCUT2D eigenvalue weighted by molar-refractivity contribution is 4.83. The SMILES string of the molecule is CN(C)C1(O)CCN(N2CCCCC2)CC1. The minimum atomic E-state index is -0.577. The number of hydrogen-bond acceptors (Lipinski definition) is 4. The van der Waals surface area contributed by atoms with E-state index < -0.39 is 5.72 Å². The standard InChI is InChI=1S/C12H25N3O/c1-13(2)12(16)6-10-15(11-7-12)14-8-4-3-5-9-14/h16H,3-11H2,1-2H3. The Balaban J connectivity index is 1.84. The first kappa shape index (κ1) is 12.3. The van der Waals surface area contributed by atoms with Gasteiger partial charge in [0.1, 0.15) is 5.72 Å². The third-order valence-corrected chi connectivity index (χ3v) is 4.11. The Kier molecular flexibility index (Phi) is 3.85. The summed E-state index contributed by atoms with van der Waals surface area (Å²) < 4.78 is 0. The normalized spacial score (nSPS) is 28.5. The molecule has 0 unspecified atom stereocenters. The second kappa shape index (κ2) is 5.00. The van der Waals surface area contributed by atoms with Crippen molar-refractivity contribution in [3.63, 3.8) is 0 Å². The van der Waals surface area contributed by atoms with Crippen molar-refractivity contribution in [1.82, 2.24) is 14.9 Å². The molecule has 4 heteroatoms. The zero-order valence-corrected chi connectivity index (χ0v) is 10.7. The quantitative estimate of drug-likeness (QED) is 0.705. The summed E-state index contributed by atoms with van der Waals surface area (Å²) in [4.78, 5) is 1.96. The van der Waals surface area contributed by atoms with Crippen molar-refractivity contribution >= 4 is 0 Å². The Morgan fingerprint density at radius 2 is 1.38 bits per heavy atom. The van der Waals surface area contributed by atoms with Gasteiger partial charge in [-0.25, -0.2) is 10.0 Å². The Morgan fingerprint density at radius 3 is 1.88 bits per heavy atom. The third kappa shape index (κ3) is 2.56. The first-order chi connectivity index (χ1) is 7.62. The fourth-order valence-corrected chi connectivity index (χ4v) is 2.74. The van der Waals surface area contributed by atoms with Crippen LogP contribution in [0.15, 0.2) is 0 Å². The molecule has 2 fully saturated rings. The van der Waals surface area contributed by atoms with Gasteiger partial charge in [0.25, 0.3) is 0 Å². The van der Waals surface area contributed by atoms with E-state index in [-0.39, 0.29) is 0 Å². The second-order valence-electron chi connectivity index (χ2n) is 5.34. The summed E-state index contributed by atoms with van der Waals surface area (Å²) in [5, 5.41) is 15.3. The van der Waals surface area contributed by atoms with Crippen LogP contribution in [0.4, 0.5) is 0 Å². The van der Waals surface area contributed by atoms with Crippen LogP contribution in [0, 0.1) is 0 Å². The van der Waals surface area contributed by atoms with E-state index in [1.807, 2.05) is 19.0 Å². The van der Waals surface area contributed by atoms with Gasteiger partial charge in [-0.05, 0) is 26.9 Å². The number of piperidine rings is 2. The van der Waals surface area contributed by atoms with E-state index in [9.17, 15) is 5.11 Å². The van der Waals surface area contributed by atoms with Crippen LogP contribution in [0.2, 0.25) is 0 Å². The van der Waals surface area contributed by atoms with Crippen molar-refractivity contribution in [2.45, 2.75) is 37.8 Å². The van der Waals surface area contributed by atoms with Crippen LogP contribution in [0.25, 0.3) is 0 Å². The molecule has 0 aromatic carbocycles. The number of rotatable bonds is 2. The van der Waals surface area contributed by atoms with Crippen LogP contribution in [-0.4, -0.2) is 66.0 Å². The molecule has 2 aliphatic rings. The molecule has 0 spiro atoms. The molecule has 2 heterocycles. The van der Waals surface area contributed by atoms with Crippen LogP contribution in [0.3, 0.4) is 0 Å². The lowest BCUT2D eigenvalue weighted by Gasteiger charge is -2.46. The van der Waals surface area contributed by atoms with E-state index in [0.29, 0.717) is 0 Å². The molecule has 0 saturated carbocycles. The van der Waals surface area contributed by atoms with Gasteiger partial charge in [-0.3, -0.25) is 4.90 Å². The van der Waals surface area contributed by atoms with Gasteiger partial charge >= 0.3 is 0 Å². The average molecular weight is 227 g/mol. The Bertz CT molecular complexity index is 218. The molecule has 2 aliphatic heterocycles. The van der Waals surface area contributed by atoms with Crippen LogP contribution in [0.5, 0.6) is 0 Å². The van der Waals surface area contributed by atoms with Crippen molar-refractivity contribution in [2.24, 2.45) is 0 Å². The first-order valence-corrected chi connectivity index (χ1v) is 6.51. The Morgan fingerprint density at radius 1 is 0.875 bits per heavy atom. The Hall–Kier alpha value is -0.160. The minimum absolute atomic E-state index is 0.577. The number of hydrogen-bond donors (Lipinski definition) is 1. The zero-order valence-electron chi connectivity index (χ0n) is 10.7. The topological polar surface area (TPSA) is 30.0 Å². The van der Waals surface area contributed by atoms with Crippen LogP contribution >= 0.6 is 0 Å². The largest absolute Gasteiger partial charge is 0.376 e. The summed E-state index contributed by atoms with van der Waals surface area (Å²) in [7, 11) is 3.94. The molecule has 0 aromatic heterocycles. The zero-order chi connectivity index (χ0) is 11.6. The smallest absolute Gasteiger partial charge is 0.120 e. The maximum atomic E-state index is 10.3. The van der Waals surface area contributed by atoms with Gasteiger partial charge in [0.15, 0.2) is 0 Å². The van der Waals surface area contributed by atoms with Gasteiger partial charge < -0.3 is 5.11 Å². The van der Waals surface area contributed by atoms with E-state index in [4.69, 9.17) is 0 Å². The van der Waals surface area contributed by atoms with Crippen LogP contribution in [0.1, 0.15) is 32.1 Å². The van der Waals surface area contributed by atoms with Crippen molar-refractivity contribution < 1.29 is 5.11 Å². The van der Waals surface area contributed by atoms with Crippen molar-refractivity contribution in [2.75, 3.05) is 40.3 Å². The lowest BCUT2D eigenvalue weighted by molar-refractivity contribution is -0.159. The minimum Gasteiger partial charge on any atom is -0.376 e. The summed E-state index contributed by atoms with van der Waals surface area (Å²) in [6, 6.07) is 0. The van der Waals surface area contributed by atoms with Crippen molar-refractivity contribution in [3.05, 3.63) is 0 Å². The van der Waals surface area contributed by atoms with Gasteiger partial charge in [-0.1, -0.05) is 6.42 Å². The molecule has 0 atom stereocenters. The summed E-state index contributed by atoms with van der Waals surface area (Å²) >= 11 is 0. The summed E-state index contributed by atoms with van der Waals surface area (Å²) in [5.74, 6) is 0. The third-order valence-electron chi connectivity index (χ3n) is 4.11. The Labute approximate surface area is 98.8 Å². The van der Waals surface area contributed by atoms with E-state index in [0.717, 1.165) is 25.9 Å². The van der Waals surface area contributed by atoms with Crippen molar-refractivity contribution in [3.8, 4) is 0 Å². The van der Waals surface area contributed by atoms with Crippen LogP contribution in [-0.2, 0) is 0 Å². The maximum Gasteiger partial charge on any atom is 0.120 e. The predicted octanol–water partition coefficient (Wildman–Crippen LogP) is 0.733. The molecular formula is C12H25N3O. The highest BCUT2D eigenvalue weighted by atomic mass is 16.3. The average Bonchev–Trinajstić information content (AvgIpc) is 2.31. The monoisotopic (exact) mass is 227 g/mol. The van der Waals surface area contributed by atoms with Gasteiger partial charge in [0.05, 0.1) is 0 Å². The fraction of sp³-hybridized carbons (Fsp3) is 1.00. The molecule has 0 bridgehead atoms. The van der Waals surface area contributed by atoms with E-state index in [1.54, 1.807) is 0 Å². The molecule has 0 radical (unpaired) electrons.